The maximum absolute atomic E-state index is 12.7. The van der Waals surface area contributed by atoms with E-state index in [1.54, 1.807) is 48.7 Å². The number of carbonyl (C=O) groups excluding carboxylic acids is 1. The number of carbonyl (C=O) groups is 1. The number of alkyl halides is 2. The fourth-order valence-electron chi connectivity index (χ4n) is 2.50. The third-order valence-corrected chi connectivity index (χ3v) is 3.78. The molecule has 1 heterocycles. The van der Waals surface area contributed by atoms with Gasteiger partial charge in [0, 0.05) is 23.6 Å². The molecule has 3 aromatic rings. The van der Waals surface area contributed by atoms with E-state index in [0.717, 1.165) is 0 Å². The number of benzene rings is 2. The molecule has 1 amide bonds. The zero-order valence-electron chi connectivity index (χ0n) is 14.4. The Bertz CT molecular complexity index is 916. The molecule has 0 spiro atoms. The van der Waals surface area contributed by atoms with Crippen LogP contribution in [0.3, 0.4) is 0 Å². The van der Waals surface area contributed by atoms with Gasteiger partial charge in [-0.2, -0.15) is 8.78 Å². The van der Waals surface area contributed by atoms with Gasteiger partial charge in [-0.3, -0.25) is 9.78 Å². The third-order valence-electron chi connectivity index (χ3n) is 3.78. The van der Waals surface area contributed by atoms with E-state index in [0.29, 0.717) is 28.1 Å². The molecule has 0 fully saturated rings. The third kappa shape index (κ3) is 4.58. The first-order valence-electron chi connectivity index (χ1n) is 8.01. The van der Waals surface area contributed by atoms with Gasteiger partial charge in [0.15, 0.2) is 0 Å². The van der Waals surface area contributed by atoms with E-state index >= 15 is 0 Å². The first kappa shape index (κ1) is 18.3. The number of hydrogen-bond acceptors (Lipinski definition) is 4. The summed E-state index contributed by atoms with van der Waals surface area (Å²) in [7, 11) is 1.54. The molecule has 0 bridgehead atoms. The van der Waals surface area contributed by atoms with Crippen molar-refractivity contribution in [3.8, 4) is 22.6 Å². The van der Waals surface area contributed by atoms with Gasteiger partial charge in [-0.15, -0.1) is 0 Å². The predicted octanol–water partition coefficient (Wildman–Crippen LogP) is 4.61. The van der Waals surface area contributed by atoms with Gasteiger partial charge in [-0.1, -0.05) is 12.1 Å². The zero-order valence-corrected chi connectivity index (χ0v) is 14.4. The number of ether oxygens (including phenoxy) is 2. The minimum Gasteiger partial charge on any atom is -0.497 e. The number of aromatic nitrogens is 1. The molecule has 3 rings (SSSR count). The average Bonchev–Trinajstić information content (AvgIpc) is 2.69. The van der Waals surface area contributed by atoms with Crippen molar-refractivity contribution in [1.82, 2.24) is 4.98 Å². The molecule has 138 valence electrons. The summed E-state index contributed by atoms with van der Waals surface area (Å²) in [5.74, 6) is 0.289. The van der Waals surface area contributed by atoms with Crippen molar-refractivity contribution >= 4 is 11.6 Å². The van der Waals surface area contributed by atoms with Crippen LogP contribution in [-0.4, -0.2) is 24.6 Å². The molecule has 1 aromatic heterocycles. The van der Waals surface area contributed by atoms with Crippen LogP contribution in [0.25, 0.3) is 11.1 Å². The summed E-state index contributed by atoms with van der Waals surface area (Å²) in [6.07, 6.45) is 3.00. The normalized spacial score (nSPS) is 10.5. The number of anilines is 1. The van der Waals surface area contributed by atoms with E-state index in [2.05, 4.69) is 15.0 Å². The zero-order chi connectivity index (χ0) is 19.2. The second kappa shape index (κ2) is 8.27. The number of amides is 1. The number of hydrogen-bond donors (Lipinski definition) is 1. The van der Waals surface area contributed by atoms with Crippen molar-refractivity contribution in [2.45, 2.75) is 6.61 Å². The number of nitrogens with one attached hydrogen (secondary N) is 1. The number of nitrogens with zero attached hydrogens (tertiary/aromatic N) is 1. The highest BCUT2D eigenvalue weighted by Gasteiger charge is 2.14. The van der Waals surface area contributed by atoms with Gasteiger partial charge in [0.05, 0.1) is 12.7 Å². The Kier molecular flexibility index (Phi) is 5.61. The summed E-state index contributed by atoms with van der Waals surface area (Å²) in [5, 5.41) is 2.72. The minimum absolute atomic E-state index is 0.00884. The van der Waals surface area contributed by atoms with E-state index < -0.39 is 6.61 Å². The number of pyridine rings is 1. The molecule has 0 radical (unpaired) electrons. The molecule has 2 aromatic carbocycles. The predicted molar refractivity (Wildman–Crippen MR) is 97.3 cm³/mol. The van der Waals surface area contributed by atoms with E-state index in [4.69, 9.17) is 4.74 Å². The van der Waals surface area contributed by atoms with Gasteiger partial charge >= 0.3 is 6.61 Å². The second-order valence-electron chi connectivity index (χ2n) is 5.51. The van der Waals surface area contributed by atoms with Crippen LogP contribution in [0.2, 0.25) is 0 Å². The highest BCUT2D eigenvalue weighted by Crippen LogP contribution is 2.34. The lowest BCUT2D eigenvalue weighted by molar-refractivity contribution is -0.0494. The van der Waals surface area contributed by atoms with Crippen LogP contribution < -0.4 is 14.8 Å². The maximum atomic E-state index is 12.7. The highest BCUT2D eigenvalue weighted by atomic mass is 19.3. The average molecular weight is 370 g/mol. The van der Waals surface area contributed by atoms with Crippen molar-refractivity contribution in [2.75, 3.05) is 12.4 Å². The van der Waals surface area contributed by atoms with E-state index in [1.807, 2.05) is 0 Å². The van der Waals surface area contributed by atoms with Crippen molar-refractivity contribution in [1.29, 1.82) is 0 Å². The van der Waals surface area contributed by atoms with Gasteiger partial charge in [0.1, 0.15) is 11.5 Å². The second-order valence-corrected chi connectivity index (χ2v) is 5.51. The number of methoxy groups -OCH3 is 1. The molecule has 27 heavy (non-hydrogen) atoms. The lowest BCUT2D eigenvalue weighted by Gasteiger charge is -2.14. The monoisotopic (exact) mass is 370 g/mol. The molecule has 1 N–H and O–H groups in total. The first-order valence-corrected chi connectivity index (χ1v) is 8.01. The van der Waals surface area contributed by atoms with Gasteiger partial charge < -0.3 is 14.8 Å². The molecule has 0 saturated heterocycles. The van der Waals surface area contributed by atoms with Crippen LogP contribution in [0.1, 0.15) is 10.4 Å². The first-order chi connectivity index (χ1) is 13.1. The van der Waals surface area contributed by atoms with Gasteiger partial charge in [0.25, 0.3) is 5.91 Å². The lowest BCUT2D eigenvalue weighted by atomic mass is 10.0. The van der Waals surface area contributed by atoms with Crippen molar-refractivity contribution < 1.29 is 23.0 Å². The number of halogens is 2. The molecule has 7 heteroatoms. The van der Waals surface area contributed by atoms with Crippen molar-refractivity contribution in [3.63, 3.8) is 0 Å². The summed E-state index contributed by atoms with van der Waals surface area (Å²) >= 11 is 0. The Labute approximate surface area is 154 Å². The van der Waals surface area contributed by atoms with Crippen LogP contribution in [0.15, 0.2) is 67.0 Å². The van der Waals surface area contributed by atoms with Gasteiger partial charge in [-0.25, -0.2) is 0 Å². The SMILES string of the molecule is COc1ccc(-c2cc(NC(=O)c3cccnc3)ccc2OC(F)F)cc1. The standard InChI is InChI=1S/C20H16F2N2O3/c1-26-16-7-4-13(5-8-16)17-11-15(6-9-18(17)27-20(21)22)24-19(25)14-3-2-10-23-12-14/h2-12,20H,1H3,(H,24,25). The molecule has 0 aliphatic heterocycles. The molecule has 0 unspecified atom stereocenters. The quantitative estimate of drug-likeness (QED) is 0.688. The van der Waals surface area contributed by atoms with E-state index in [-0.39, 0.29) is 11.7 Å². The largest absolute Gasteiger partial charge is 0.497 e. The van der Waals surface area contributed by atoms with Gasteiger partial charge in [-0.05, 0) is 48.0 Å². The Morgan fingerprint density at radius 1 is 1.11 bits per heavy atom. The topological polar surface area (TPSA) is 60.5 Å². The summed E-state index contributed by atoms with van der Waals surface area (Å²) in [6, 6.07) is 14.6. The minimum atomic E-state index is -2.96. The van der Waals surface area contributed by atoms with Crippen LogP contribution in [0, 0.1) is 0 Å². The maximum Gasteiger partial charge on any atom is 0.387 e. The summed E-state index contributed by atoms with van der Waals surface area (Å²) in [5.41, 5.74) is 1.89. The molecule has 0 atom stereocenters. The van der Waals surface area contributed by atoms with Crippen LogP contribution in [0.5, 0.6) is 11.5 Å². The molecular weight excluding hydrogens is 354 g/mol. The van der Waals surface area contributed by atoms with Crippen LogP contribution in [-0.2, 0) is 0 Å². The lowest BCUT2D eigenvalue weighted by Crippen LogP contribution is -2.12. The molecular formula is C20H16F2N2O3. The molecule has 5 nitrogen and oxygen atoms in total. The van der Waals surface area contributed by atoms with Crippen LogP contribution >= 0.6 is 0 Å². The summed E-state index contributed by atoms with van der Waals surface area (Å²) in [6.45, 7) is -2.96. The van der Waals surface area contributed by atoms with E-state index in [1.165, 1.54) is 25.4 Å². The molecule has 0 aliphatic carbocycles. The Balaban J connectivity index is 1.93. The molecule has 0 saturated carbocycles. The summed E-state index contributed by atoms with van der Waals surface area (Å²) < 4.78 is 35.2. The molecule has 0 aliphatic rings. The smallest absolute Gasteiger partial charge is 0.387 e. The Morgan fingerprint density at radius 3 is 2.52 bits per heavy atom. The Morgan fingerprint density at radius 2 is 1.89 bits per heavy atom. The fourth-order valence-corrected chi connectivity index (χ4v) is 2.50. The Hall–Kier alpha value is -3.48. The van der Waals surface area contributed by atoms with Crippen molar-refractivity contribution in [3.05, 3.63) is 72.6 Å². The highest BCUT2D eigenvalue weighted by molar-refractivity contribution is 6.04. The van der Waals surface area contributed by atoms with Crippen molar-refractivity contribution in [2.24, 2.45) is 0 Å². The van der Waals surface area contributed by atoms with Crippen LogP contribution in [0.4, 0.5) is 14.5 Å². The van der Waals surface area contributed by atoms with Gasteiger partial charge in [0.2, 0.25) is 0 Å². The number of rotatable bonds is 6. The summed E-state index contributed by atoms with van der Waals surface area (Å²) in [4.78, 5) is 16.2. The van der Waals surface area contributed by atoms with E-state index in [9.17, 15) is 13.6 Å². The fraction of sp³-hybridized carbons (Fsp3) is 0.100.